The summed E-state index contributed by atoms with van der Waals surface area (Å²) in [5, 5.41) is 0.473. The number of nitrogens with zero attached hydrogens (tertiary/aromatic N) is 2. The molecule has 3 rings (SSSR count). The third-order valence-electron chi connectivity index (χ3n) is 3.84. The van der Waals surface area contributed by atoms with Crippen molar-refractivity contribution in [2.45, 2.75) is 6.42 Å². The summed E-state index contributed by atoms with van der Waals surface area (Å²) in [7, 11) is 1.55. The molecule has 0 aliphatic carbocycles. The first-order chi connectivity index (χ1) is 11.7. The highest BCUT2D eigenvalue weighted by Crippen LogP contribution is 2.30. The first kappa shape index (κ1) is 16.7. The number of hydrogen-bond acceptors (Lipinski definition) is 6. The number of aromatic amines is 1. The zero-order valence-corrected chi connectivity index (χ0v) is 14.2. The van der Waals surface area contributed by atoms with E-state index < -0.39 is 0 Å². The second kappa shape index (κ2) is 7.59. The number of ether oxygens (including phenoxy) is 3. The molecule has 1 aliphatic heterocycles. The van der Waals surface area contributed by atoms with Gasteiger partial charge in [0.25, 0.3) is 5.56 Å². The lowest BCUT2D eigenvalue weighted by Crippen LogP contribution is -2.41. The fourth-order valence-corrected chi connectivity index (χ4v) is 2.84. The molecule has 0 saturated carbocycles. The third kappa shape index (κ3) is 3.65. The van der Waals surface area contributed by atoms with Gasteiger partial charge in [-0.2, -0.15) is 0 Å². The minimum Gasteiger partial charge on any atom is -0.493 e. The summed E-state index contributed by atoms with van der Waals surface area (Å²) < 4.78 is 16.4. The normalized spacial score (nSPS) is 14.9. The molecule has 1 aliphatic rings. The quantitative estimate of drug-likeness (QED) is 0.623. The lowest BCUT2D eigenvalue weighted by Gasteiger charge is -2.29. The first-order valence-electron chi connectivity index (χ1n) is 7.73. The molecule has 2 aromatic rings. The summed E-state index contributed by atoms with van der Waals surface area (Å²) in [6.45, 7) is 3.40. The minimum atomic E-state index is -0.203. The Labute approximate surface area is 144 Å². The van der Waals surface area contributed by atoms with Gasteiger partial charge in [0.05, 0.1) is 44.2 Å². The first-order valence-corrected chi connectivity index (χ1v) is 8.13. The van der Waals surface area contributed by atoms with E-state index in [0.717, 1.165) is 24.5 Å². The van der Waals surface area contributed by atoms with E-state index in [1.165, 1.54) is 6.33 Å². The number of benzene rings is 1. The van der Waals surface area contributed by atoms with Crippen LogP contribution in [0.5, 0.6) is 11.5 Å². The Kier molecular flexibility index (Phi) is 5.27. The zero-order chi connectivity index (χ0) is 16.9. The van der Waals surface area contributed by atoms with Crippen LogP contribution in [0.15, 0.2) is 23.3 Å². The van der Waals surface area contributed by atoms with Gasteiger partial charge in [-0.25, -0.2) is 4.98 Å². The molecule has 0 radical (unpaired) electrons. The van der Waals surface area contributed by atoms with Crippen molar-refractivity contribution in [3.63, 3.8) is 0 Å². The van der Waals surface area contributed by atoms with Gasteiger partial charge in [0.1, 0.15) is 4.99 Å². The average molecular weight is 349 g/mol. The van der Waals surface area contributed by atoms with E-state index in [4.69, 9.17) is 26.4 Å². The van der Waals surface area contributed by atoms with Crippen molar-refractivity contribution < 1.29 is 14.2 Å². The maximum atomic E-state index is 11.8. The molecule has 7 nitrogen and oxygen atoms in total. The Hall–Kier alpha value is -2.19. The molecule has 0 spiro atoms. The zero-order valence-electron chi connectivity index (χ0n) is 13.4. The maximum absolute atomic E-state index is 11.8. The van der Waals surface area contributed by atoms with E-state index in [1.807, 2.05) is 0 Å². The fraction of sp³-hybridized carbons (Fsp3) is 0.438. The van der Waals surface area contributed by atoms with E-state index >= 15 is 0 Å². The molecule has 0 atom stereocenters. The van der Waals surface area contributed by atoms with Crippen LogP contribution in [-0.4, -0.2) is 59.9 Å². The van der Waals surface area contributed by atoms with Crippen LogP contribution >= 0.6 is 12.2 Å². The van der Waals surface area contributed by atoms with Gasteiger partial charge in [-0.15, -0.1) is 0 Å². The van der Waals surface area contributed by atoms with Gasteiger partial charge in [0.15, 0.2) is 11.5 Å². The van der Waals surface area contributed by atoms with E-state index in [2.05, 4.69) is 14.9 Å². The highest BCUT2D eigenvalue weighted by molar-refractivity contribution is 7.80. The highest BCUT2D eigenvalue weighted by Gasteiger charge is 2.15. The molecule has 0 unspecified atom stereocenters. The number of nitrogens with one attached hydrogen (secondary N) is 1. The van der Waals surface area contributed by atoms with Crippen molar-refractivity contribution >= 4 is 28.1 Å². The minimum absolute atomic E-state index is 0.203. The largest absolute Gasteiger partial charge is 0.493 e. The van der Waals surface area contributed by atoms with Crippen molar-refractivity contribution in [1.82, 2.24) is 14.9 Å². The van der Waals surface area contributed by atoms with Crippen molar-refractivity contribution in [2.75, 3.05) is 40.0 Å². The molecule has 1 aromatic heterocycles. The molecule has 128 valence electrons. The Bertz CT molecular complexity index is 792. The van der Waals surface area contributed by atoms with Gasteiger partial charge < -0.3 is 24.1 Å². The lowest BCUT2D eigenvalue weighted by atomic mass is 10.2. The summed E-state index contributed by atoms with van der Waals surface area (Å²) in [5.74, 6) is 1.09. The van der Waals surface area contributed by atoms with Crippen LogP contribution in [0.25, 0.3) is 10.9 Å². The molecule has 1 fully saturated rings. The molecule has 8 heteroatoms. The number of fused-ring (bicyclic) bond motifs is 1. The highest BCUT2D eigenvalue weighted by atomic mass is 32.1. The molecular formula is C16H19N3O4S. The summed E-state index contributed by atoms with van der Waals surface area (Å²) in [4.78, 5) is 21.5. The van der Waals surface area contributed by atoms with E-state index in [9.17, 15) is 4.79 Å². The number of rotatable bonds is 6. The van der Waals surface area contributed by atoms with Crippen molar-refractivity contribution in [3.05, 3.63) is 28.8 Å². The topological polar surface area (TPSA) is 76.7 Å². The predicted octanol–water partition coefficient (Wildman–Crippen LogP) is 1.36. The monoisotopic (exact) mass is 349 g/mol. The summed E-state index contributed by atoms with van der Waals surface area (Å²) in [6, 6.07) is 3.37. The summed E-state index contributed by atoms with van der Waals surface area (Å²) in [6.07, 6.45) is 2.20. The maximum Gasteiger partial charge on any atom is 0.258 e. The Morgan fingerprint density at radius 3 is 3.08 bits per heavy atom. The number of aromatic nitrogens is 2. The van der Waals surface area contributed by atoms with Crippen LogP contribution in [0.4, 0.5) is 0 Å². The lowest BCUT2D eigenvalue weighted by molar-refractivity contribution is 0.117. The Morgan fingerprint density at radius 1 is 1.42 bits per heavy atom. The van der Waals surface area contributed by atoms with Gasteiger partial charge in [-0.05, 0) is 12.5 Å². The van der Waals surface area contributed by atoms with Crippen molar-refractivity contribution in [3.8, 4) is 11.5 Å². The van der Waals surface area contributed by atoms with Gasteiger partial charge in [-0.1, -0.05) is 12.2 Å². The molecule has 1 aromatic carbocycles. The van der Waals surface area contributed by atoms with Crippen molar-refractivity contribution in [2.24, 2.45) is 0 Å². The smallest absolute Gasteiger partial charge is 0.258 e. The van der Waals surface area contributed by atoms with Gasteiger partial charge >= 0.3 is 0 Å². The molecule has 1 saturated heterocycles. The second-order valence-electron chi connectivity index (χ2n) is 5.39. The Balaban J connectivity index is 1.64. The van der Waals surface area contributed by atoms with Crippen molar-refractivity contribution in [1.29, 1.82) is 0 Å². The molecular weight excluding hydrogens is 330 g/mol. The van der Waals surface area contributed by atoms with Crippen LogP contribution < -0.4 is 15.0 Å². The van der Waals surface area contributed by atoms with Crippen LogP contribution in [0.1, 0.15) is 6.42 Å². The van der Waals surface area contributed by atoms with Gasteiger partial charge in [0, 0.05) is 19.2 Å². The second-order valence-corrected chi connectivity index (χ2v) is 5.86. The number of thiocarbonyl (C=S) groups is 1. The van der Waals surface area contributed by atoms with Crippen LogP contribution in [-0.2, 0) is 4.74 Å². The summed E-state index contributed by atoms with van der Waals surface area (Å²) >= 11 is 5.27. The molecule has 2 heterocycles. The van der Waals surface area contributed by atoms with E-state index in [-0.39, 0.29) is 5.56 Å². The van der Waals surface area contributed by atoms with E-state index in [0.29, 0.717) is 42.2 Å². The molecule has 24 heavy (non-hydrogen) atoms. The SMILES string of the molecule is COc1cc2c(=O)[nH]cnc2cc1OCCCN1CCOCC1=S. The molecule has 1 N–H and O–H groups in total. The van der Waals surface area contributed by atoms with Crippen LogP contribution in [0.2, 0.25) is 0 Å². The van der Waals surface area contributed by atoms with Crippen LogP contribution in [0.3, 0.4) is 0 Å². The summed E-state index contributed by atoms with van der Waals surface area (Å²) in [5.41, 5.74) is 0.370. The standard InChI is InChI=1S/C16H19N3O4S/c1-21-13-7-11-12(17-10-18-16(11)20)8-14(13)23-5-2-3-19-4-6-22-9-15(19)24/h7-8,10H,2-6,9H2,1H3,(H,17,18,20). The van der Waals surface area contributed by atoms with Gasteiger partial charge in [0.2, 0.25) is 0 Å². The fourth-order valence-electron chi connectivity index (χ4n) is 2.57. The Morgan fingerprint density at radius 2 is 2.29 bits per heavy atom. The third-order valence-corrected chi connectivity index (χ3v) is 4.22. The predicted molar refractivity (Wildman–Crippen MR) is 94.0 cm³/mol. The van der Waals surface area contributed by atoms with E-state index in [1.54, 1.807) is 19.2 Å². The molecule has 0 amide bonds. The number of morpholine rings is 1. The number of H-pyrrole nitrogens is 1. The van der Waals surface area contributed by atoms with Crippen LogP contribution in [0, 0.1) is 0 Å². The average Bonchev–Trinajstić information content (AvgIpc) is 2.60. The number of methoxy groups -OCH3 is 1. The van der Waals surface area contributed by atoms with Gasteiger partial charge in [-0.3, -0.25) is 4.79 Å². The number of hydrogen-bond donors (Lipinski definition) is 1. The molecule has 0 bridgehead atoms.